The summed E-state index contributed by atoms with van der Waals surface area (Å²) < 4.78 is 10.7. The topological polar surface area (TPSA) is 62.2 Å². The standard InChI is InChI=1S/C16H24O4/c1-3-4-12(17)10-16-14(20-16)8-6-11-5-7-13(18)15(9-11)19-2/h5,7,9,12,14,16-18H,3-4,6,8,10H2,1-2H3. The maximum Gasteiger partial charge on any atom is 0.160 e. The molecule has 2 rings (SSSR count). The minimum absolute atomic E-state index is 0.166. The molecule has 0 radical (unpaired) electrons. The second kappa shape index (κ2) is 6.95. The van der Waals surface area contributed by atoms with E-state index in [0.717, 1.165) is 37.7 Å². The molecule has 4 nitrogen and oxygen atoms in total. The lowest BCUT2D eigenvalue weighted by Crippen LogP contribution is -2.11. The van der Waals surface area contributed by atoms with Gasteiger partial charge in [-0.3, -0.25) is 0 Å². The molecule has 0 saturated carbocycles. The fraction of sp³-hybridized carbons (Fsp3) is 0.625. The molecule has 112 valence electrons. The van der Waals surface area contributed by atoms with Crippen LogP contribution in [0.25, 0.3) is 0 Å². The highest BCUT2D eigenvalue weighted by molar-refractivity contribution is 5.41. The van der Waals surface area contributed by atoms with Gasteiger partial charge in [0.05, 0.1) is 25.4 Å². The van der Waals surface area contributed by atoms with Crippen LogP contribution in [0.2, 0.25) is 0 Å². The highest BCUT2D eigenvalue weighted by Gasteiger charge is 2.39. The highest BCUT2D eigenvalue weighted by Crippen LogP contribution is 2.32. The van der Waals surface area contributed by atoms with Crippen molar-refractivity contribution >= 4 is 0 Å². The molecular weight excluding hydrogens is 256 g/mol. The van der Waals surface area contributed by atoms with Gasteiger partial charge in [-0.2, -0.15) is 0 Å². The predicted octanol–water partition coefficient (Wildman–Crippen LogP) is 2.65. The number of ether oxygens (including phenoxy) is 2. The van der Waals surface area contributed by atoms with Gasteiger partial charge in [0.25, 0.3) is 0 Å². The number of aliphatic hydroxyl groups is 1. The van der Waals surface area contributed by atoms with Crippen LogP contribution in [0.5, 0.6) is 11.5 Å². The van der Waals surface area contributed by atoms with Crippen molar-refractivity contribution in [1.82, 2.24) is 0 Å². The van der Waals surface area contributed by atoms with Crippen molar-refractivity contribution in [2.75, 3.05) is 7.11 Å². The van der Waals surface area contributed by atoms with Gasteiger partial charge in [-0.15, -0.1) is 0 Å². The average molecular weight is 280 g/mol. The molecule has 1 saturated heterocycles. The molecule has 1 aliphatic rings. The summed E-state index contributed by atoms with van der Waals surface area (Å²) in [4.78, 5) is 0. The quantitative estimate of drug-likeness (QED) is 0.719. The van der Waals surface area contributed by atoms with Crippen LogP contribution in [-0.4, -0.2) is 35.6 Å². The number of hydrogen-bond acceptors (Lipinski definition) is 4. The van der Waals surface area contributed by atoms with Gasteiger partial charge in [-0.05, 0) is 37.0 Å². The highest BCUT2D eigenvalue weighted by atomic mass is 16.6. The smallest absolute Gasteiger partial charge is 0.160 e. The Morgan fingerprint density at radius 2 is 2.15 bits per heavy atom. The Morgan fingerprint density at radius 3 is 2.85 bits per heavy atom. The number of aromatic hydroxyl groups is 1. The molecule has 20 heavy (non-hydrogen) atoms. The van der Waals surface area contributed by atoms with Gasteiger partial charge >= 0.3 is 0 Å². The van der Waals surface area contributed by atoms with Crippen LogP contribution >= 0.6 is 0 Å². The van der Waals surface area contributed by atoms with Gasteiger partial charge in [0, 0.05) is 6.42 Å². The summed E-state index contributed by atoms with van der Waals surface area (Å²) in [6, 6.07) is 5.42. The van der Waals surface area contributed by atoms with Crippen LogP contribution in [0.4, 0.5) is 0 Å². The molecule has 1 aromatic rings. The van der Waals surface area contributed by atoms with Crippen LogP contribution in [0.1, 0.15) is 38.2 Å². The number of benzene rings is 1. The molecule has 0 aromatic heterocycles. The molecule has 0 spiro atoms. The van der Waals surface area contributed by atoms with Gasteiger partial charge in [0.15, 0.2) is 11.5 Å². The third kappa shape index (κ3) is 4.12. The van der Waals surface area contributed by atoms with E-state index in [1.54, 1.807) is 13.2 Å². The van der Waals surface area contributed by atoms with Gasteiger partial charge in [-0.1, -0.05) is 19.4 Å². The van der Waals surface area contributed by atoms with Crippen molar-refractivity contribution in [2.45, 2.75) is 57.3 Å². The third-order valence-electron chi connectivity index (χ3n) is 3.78. The maximum absolute atomic E-state index is 9.74. The van der Waals surface area contributed by atoms with Gasteiger partial charge < -0.3 is 19.7 Å². The van der Waals surface area contributed by atoms with E-state index in [0.29, 0.717) is 5.75 Å². The zero-order valence-electron chi connectivity index (χ0n) is 12.2. The number of phenols is 1. The molecule has 1 aromatic carbocycles. The summed E-state index contributed by atoms with van der Waals surface area (Å²) in [6.07, 6.45) is 4.69. The fourth-order valence-corrected chi connectivity index (χ4v) is 2.55. The summed E-state index contributed by atoms with van der Waals surface area (Å²) in [6.45, 7) is 2.08. The minimum atomic E-state index is -0.233. The zero-order chi connectivity index (χ0) is 14.5. The maximum atomic E-state index is 9.74. The molecule has 1 fully saturated rings. The lowest BCUT2D eigenvalue weighted by molar-refractivity contribution is 0.142. The van der Waals surface area contributed by atoms with Crippen molar-refractivity contribution in [3.05, 3.63) is 23.8 Å². The first-order chi connectivity index (χ1) is 9.63. The van der Waals surface area contributed by atoms with Crippen molar-refractivity contribution in [3.8, 4) is 11.5 Å². The van der Waals surface area contributed by atoms with Crippen molar-refractivity contribution in [1.29, 1.82) is 0 Å². The largest absolute Gasteiger partial charge is 0.504 e. The van der Waals surface area contributed by atoms with E-state index in [2.05, 4.69) is 6.92 Å². The van der Waals surface area contributed by atoms with Crippen LogP contribution < -0.4 is 4.74 Å². The Labute approximate surface area is 120 Å². The summed E-state index contributed by atoms with van der Waals surface area (Å²) in [5.41, 5.74) is 1.13. The zero-order valence-corrected chi connectivity index (χ0v) is 12.2. The Hall–Kier alpha value is -1.26. The summed E-state index contributed by atoms with van der Waals surface area (Å²) in [5.74, 6) is 0.675. The number of rotatable bonds is 8. The number of aliphatic hydroxyl groups excluding tert-OH is 1. The van der Waals surface area contributed by atoms with E-state index in [-0.39, 0.29) is 24.1 Å². The number of methoxy groups -OCH3 is 1. The Bertz CT molecular complexity index is 432. The van der Waals surface area contributed by atoms with Gasteiger partial charge in [0.2, 0.25) is 0 Å². The fourth-order valence-electron chi connectivity index (χ4n) is 2.55. The molecule has 0 aliphatic carbocycles. The molecule has 1 heterocycles. The molecule has 0 bridgehead atoms. The first kappa shape index (κ1) is 15.1. The second-order valence-electron chi connectivity index (χ2n) is 5.44. The van der Waals surface area contributed by atoms with E-state index < -0.39 is 0 Å². The lowest BCUT2D eigenvalue weighted by Gasteiger charge is -2.07. The average Bonchev–Trinajstić information content (AvgIpc) is 3.16. The third-order valence-corrected chi connectivity index (χ3v) is 3.78. The molecular formula is C16H24O4. The van der Waals surface area contributed by atoms with E-state index in [1.165, 1.54) is 0 Å². The molecule has 4 heteroatoms. The van der Waals surface area contributed by atoms with Crippen LogP contribution in [0.15, 0.2) is 18.2 Å². The normalized spacial score (nSPS) is 22.6. The number of aryl methyl sites for hydroxylation is 1. The van der Waals surface area contributed by atoms with Crippen molar-refractivity contribution in [3.63, 3.8) is 0 Å². The second-order valence-corrected chi connectivity index (χ2v) is 5.44. The van der Waals surface area contributed by atoms with Gasteiger partial charge in [-0.25, -0.2) is 0 Å². The summed E-state index contributed by atoms with van der Waals surface area (Å²) in [7, 11) is 1.55. The summed E-state index contributed by atoms with van der Waals surface area (Å²) in [5, 5.41) is 19.3. The van der Waals surface area contributed by atoms with Crippen LogP contribution in [0, 0.1) is 0 Å². The Kier molecular flexibility index (Phi) is 5.26. The van der Waals surface area contributed by atoms with Crippen molar-refractivity contribution < 1.29 is 19.7 Å². The SMILES string of the molecule is CCCC(O)CC1OC1CCc1ccc(O)c(OC)c1. The van der Waals surface area contributed by atoms with E-state index in [9.17, 15) is 10.2 Å². The van der Waals surface area contributed by atoms with Crippen molar-refractivity contribution in [2.24, 2.45) is 0 Å². The van der Waals surface area contributed by atoms with Gasteiger partial charge in [0.1, 0.15) is 0 Å². The van der Waals surface area contributed by atoms with Crippen LogP contribution in [0.3, 0.4) is 0 Å². The molecule has 3 unspecified atom stereocenters. The number of phenolic OH excluding ortho intramolecular Hbond substituents is 1. The van der Waals surface area contributed by atoms with Crippen LogP contribution in [-0.2, 0) is 11.2 Å². The first-order valence-electron chi connectivity index (χ1n) is 7.33. The Balaban J connectivity index is 1.74. The van der Waals surface area contributed by atoms with E-state index in [1.807, 2.05) is 12.1 Å². The molecule has 1 aliphatic heterocycles. The number of epoxide rings is 1. The summed E-state index contributed by atoms with van der Waals surface area (Å²) >= 11 is 0. The molecule has 3 atom stereocenters. The lowest BCUT2D eigenvalue weighted by atomic mass is 10.0. The molecule has 2 N–H and O–H groups in total. The predicted molar refractivity (Wildman–Crippen MR) is 77.2 cm³/mol. The Morgan fingerprint density at radius 1 is 1.35 bits per heavy atom. The van der Waals surface area contributed by atoms with E-state index in [4.69, 9.17) is 9.47 Å². The first-order valence-corrected chi connectivity index (χ1v) is 7.33. The monoisotopic (exact) mass is 280 g/mol. The molecule has 0 amide bonds. The number of hydrogen-bond donors (Lipinski definition) is 2. The minimum Gasteiger partial charge on any atom is -0.504 e. The van der Waals surface area contributed by atoms with E-state index >= 15 is 0 Å².